The molecular weight excluding hydrogens is 221 g/mol. The number of hydrogen-bond donors (Lipinski definition) is 1. The van der Waals surface area contributed by atoms with Crippen molar-refractivity contribution in [3.63, 3.8) is 0 Å². The van der Waals surface area contributed by atoms with Gasteiger partial charge in [0.15, 0.2) is 0 Å². The van der Waals surface area contributed by atoms with E-state index in [1.807, 2.05) is 12.1 Å². The van der Waals surface area contributed by atoms with Gasteiger partial charge in [-0.2, -0.15) is 0 Å². The maximum atomic E-state index is 5.96. The first kappa shape index (κ1) is 11.2. The van der Waals surface area contributed by atoms with Gasteiger partial charge in [0.05, 0.1) is 17.8 Å². The van der Waals surface area contributed by atoms with Gasteiger partial charge in [-0.05, 0) is 12.1 Å². The Morgan fingerprint density at radius 1 is 1.50 bits per heavy atom. The van der Waals surface area contributed by atoms with Gasteiger partial charge >= 0.3 is 0 Å². The van der Waals surface area contributed by atoms with Gasteiger partial charge in [0.1, 0.15) is 5.75 Å². The molecule has 1 rings (SSSR count). The standard InChI is InChI=1S/C10H11Cl2NO/c1-14-8-3-4-9(12)10(7-8)13-6-2-5-11/h2-5,7,13H,6H2,1H3/b5-2+. The second-order valence-corrected chi connectivity index (χ2v) is 3.25. The number of rotatable bonds is 4. The van der Waals surface area contributed by atoms with E-state index in [1.165, 1.54) is 5.54 Å². The minimum absolute atomic E-state index is 0.635. The highest BCUT2D eigenvalue weighted by atomic mass is 35.5. The van der Waals surface area contributed by atoms with Crippen molar-refractivity contribution in [3.05, 3.63) is 34.8 Å². The van der Waals surface area contributed by atoms with E-state index in [1.54, 1.807) is 19.3 Å². The average Bonchev–Trinajstić information content (AvgIpc) is 2.21. The van der Waals surface area contributed by atoms with Crippen molar-refractivity contribution in [2.75, 3.05) is 19.0 Å². The van der Waals surface area contributed by atoms with Crippen molar-refractivity contribution in [2.24, 2.45) is 0 Å². The Morgan fingerprint density at radius 3 is 2.93 bits per heavy atom. The zero-order valence-corrected chi connectivity index (χ0v) is 9.27. The lowest BCUT2D eigenvalue weighted by molar-refractivity contribution is 0.415. The Morgan fingerprint density at radius 2 is 2.29 bits per heavy atom. The molecule has 0 aliphatic carbocycles. The number of anilines is 1. The van der Waals surface area contributed by atoms with Gasteiger partial charge in [0.25, 0.3) is 0 Å². The Hall–Kier alpha value is -0.860. The van der Waals surface area contributed by atoms with E-state index in [9.17, 15) is 0 Å². The summed E-state index contributed by atoms with van der Waals surface area (Å²) < 4.78 is 5.07. The molecule has 0 bridgehead atoms. The van der Waals surface area contributed by atoms with Gasteiger partial charge in [-0.1, -0.05) is 29.3 Å². The molecule has 0 spiro atoms. The van der Waals surface area contributed by atoms with Crippen LogP contribution in [0.4, 0.5) is 5.69 Å². The molecule has 0 aliphatic heterocycles. The maximum Gasteiger partial charge on any atom is 0.121 e. The van der Waals surface area contributed by atoms with Gasteiger partial charge in [-0.25, -0.2) is 0 Å². The van der Waals surface area contributed by atoms with Crippen LogP contribution in [0.1, 0.15) is 0 Å². The quantitative estimate of drug-likeness (QED) is 0.857. The molecule has 4 heteroatoms. The molecule has 0 aromatic heterocycles. The molecule has 1 aromatic carbocycles. The lowest BCUT2D eigenvalue weighted by Gasteiger charge is -2.07. The van der Waals surface area contributed by atoms with Crippen LogP contribution >= 0.6 is 23.2 Å². The Balaban J connectivity index is 2.73. The lowest BCUT2D eigenvalue weighted by Crippen LogP contribution is -1.98. The first-order valence-corrected chi connectivity index (χ1v) is 4.92. The number of hydrogen-bond acceptors (Lipinski definition) is 2. The smallest absolute Gasteiger partial charge is 0.121 e. The summed E-state index contributed by atoms with van der Waals surface area (Å²) >= 11 is 11.3. The lowest BCUT2D eigenvalue weighted by atomic mass is 10.3. The predicted octanol–water partition coefficient (Wildman–Crippen LogP) is 3.51. The fraction of sp³-hybridized carbons (Fsp3) is 0.200. The van der Waals surface area contributed by atoms with Crippen LogP contribution in [0.3, 0.4) is 0 Å². The SMILES string of the molecule is COc1ccc(Cl)c(NC/C=C/Cl)c1. The second kappa shape index (κ2) is 5.78. The third kappa shape index (κ3) is 3.13. The third-order valence-corrected chi connectivity index (χ3v) is 2.18. The van der Waals surface area contributed by atoms with E-state index in [0.29, 0.717) is 11.6 Å². The highest BCUT2D eigenvalue weighted by molar-refractivity contribution is 6.33. The number of benzene rings is 1. The number of nitrogens with one attached hydrogen (secondary N) is 1. The largest absolute Gasteiger partial charge is 0.497 e. The fourth-order valence-electron chi connectivity index (χ4n) is 0.980. The average molecular weight is 232 g/mol. The zero-order valence-electron chi connectivity index (χ0n) is 7.76. The van der Waals surface area contributed by atoms with Crippen LogP contribution in [0.25, 0.3) is 0 Å². The molecular formula is C10H11Cl2NO. The minimum Gasteiger partial charge on any atom is -0.497 e. The minimum atomic E-state index is 0.635. The van der Waals surface area contributed by atoms with Gasteiger partial charge in [-0.15, -0.1) is 0 Å². The first-order chi connectivity index (χ1) is 6.77. The third-order valence-electron chi connectivity index (χ3n) is 1.67. The summed E-state index contributed by atoms with van der Waals surface area (Å²) in [7, 11) is 1.62. The van der Waals surface area contributed by atoms with Crippen molar-refractivity contribution in [3.8, 4) is 5.75 Å². The molecule has 0 fully saturated rings. The molecule has 14 heavy (non-hydrogen) atoms. The molecule has 2 nitrogen and oxygen atoms in total. The highest BCUT2D eigenvalue weighted by Crippen LogP contribution is 2.26. The van der Waals surface area contributed by atoms with E-state index in [-0.39, 0.29) is 0 Å². The Labute approximate surface area is 93.5 Å². The van der Waals surface area contributed by atoms with Gasteiger partial charge < -0.3 is 10.1 Å². The van der Waals surface area contributed by atoms with Crippen LogP contribution in [0.5, 0.6) is 5.75 Å². The summed E-state index contributed by atoms with van der Waals surface area (Å²) in [5.74, 6) is 0.770. The van der Waals surface area contributed by atoms with Crippen LogP contribution in [-0.2, 0) is 0 Å². The molecule has 1 aromatic rings. The zero-order chi connectivity index (χ0) is 10.4. The summed E-state index contributed by atoms with van der Waals surface area (Å²) in [6.07, 6.45) is 1.79. The molecule has 0 radical (unpaired) electrons. The van der Waals surface area contributed by atoms with Gasteiger partial charge in [0.2, 0.25) is 0 Å². The summed E-state index contributed by atoms with van der Waals surface area (Å²) in [5.41, 5.74) is 2.29. The van der Waals surface area contributed by atoms with Gasteiger partial charge in [-0.3, -0.25) is 0 Å². The van der Waals surface area contributed by atoms with E-state index < -0.39 is 0 Å². The number of ether oxygens (including phenoxy) is 1. The van der Waals surface area contributed by atoms with E-state index in [4.69, 9.17) is 27.9 Å². The van der Waals surface area contributed by atoms with Crippen LogP contribution in [0.15, 0.2) is 29.8 Å². The monoisotopic (exact) mass is 231 g/mol. The maximum absolute atomic E-state index is 5.96. The molecule has 1 N–H and O–H groups in total. The molecule has 0 saturated carbocycles. The van der Waals surface area contributed by atoms with Gasteiger partial charge in [0, 0.05) is 18.1 Å². The number of halogens is 2. The highest BCUT2D eigenvalue weighted by Gasteiger charge is 2.00. The molecule has 0 saturated heterocycles. The van der Waals surface area contributed by atoms with Crippen molar-refractivity contribution >= 4 is 28.9 Å². The summed E-state index contributed by atoms with van der Waals surface area (Å²) in [6, 6.07) is 5.43. The fourth-order valence-corrected chi connectivity index (χ4v) is 1.25. The predicted molar refractivity (Wildman–Crippen MR) is 61.5 cm³/mol. The summed E-state index contributed by atoms with van der Waals surface area (Å²) in [6.45, 7) is 0.635. The van der Waals surface area contributed by atoms with E-state index in [0.717, 1.165) is 11.4 Å². The first-order valence-electron chi connectivity index (χ1n) is 4.10. The molecule has 0 heterocycles. The topological polar surface area (TPSA) is 21.3 Å². The number of methoxy groups -OCH3 is 1. The second-order valence-electron chi connectivity index (χ2n) is 2.59. The molecule has 76 valence electrons. The normalized spacial score (nSPS) is 10.5. The Bertz CT molecular complexity index is 326. The summed E-state index contributed by atoms with van der Waals surface area (Å²) in [4.78, 5) is 0. The van der Waals surface area contributed by atoms with Crippen LogP contribution in [-0.4, -0.2) is 13.7 Å². The van der Waals surface area contributed by atoms with E-state index in [2.05, 4.69) is 5.32 Å². The van der Waals surface area contributed by atoms with Crippen molar-refractivity contribution < 1.29 is 4.74 Å². The van der Waals surface area contributed by atoms with Crippen LogP contribution in [0, 0.1) is 0 Å². The Kier molecular flexibility index (Phi) is 4.63. The van der Waals surface area contributed by atoms with Crippen LogP contribution in [0.2, 0.25) is 5.02 Å². The molecule has 0 atom stereocenters. The van der Waals surface area contributed by atoms with Crippen molar-refractivity contribution in [2.45, 2.75) is 0 Å². The molecule has 0 unspecified atom stereocenters. The molecule has 0 aliphatic rings. The van der Waals surface area contributed by atoms with Crippen LogP contribution < -0.4 is 10.1 Å². The van der Waals surface area contributed by atoms with Crippen molar-refractivity contribution in [1.82, 2.24) is 0 Å². The van der Waals surface area contributed by atoms with E-state index >= 15 is 0 Å². The van der Waals surface area contributed by atoms with Crippen molar-refractivity contribution in [1.29, 1.82) is 0 Å². The molecule has 0 amide bonds. The summed E-state index contributed by atoms with van der Waals surface area (Å²) in [5, 5.41) is 3.77.